The van der Waals surface area contributed by atoms with Gasteiger partial charge < -0.3 is 0 Å². The van der Waals surface area contributed by atoms with E-state index in [1.54, 1.807) is 0 Å². The number of alkyl halides is 3. The number of halogens is 4. The van der Waals surface area contributed by atoms with Crippen molar-refractivity contribution in [1.29, 1.82) is 0 Å². The van der Waals surface area contributed by atoms with E-state index in [1.807, 2.05) is 0 Å². The van der Waals surface area contributed by atoms with E-state index in [-0.39, 0.29) is 5.56 Å². The van der Waals surface area contributed by atoms with E-state index < -0.39 is 11.7 Å². The molecule has 0 aliphatic heterocycles. The predicted molar refractivity (Wildman–Crippen MR) is 60.7 cm³/mol. The fourth-order valence-corrected chi connectivity index (χ4v) is 1.31. The van der Waals surface area contributed by atoms with Gasteiger partial charge in [0.25, 0.3) is 0 Å². The summed E-state index contributed by atoms with van der Waals surface area (Å²) in [5.74, 6) is 0. The molecule has 0 aromatic heterocycles. The van der Waals surface area contributed by atoms with Gasteiger partial charge in [-0.2, -0.15) is 13.2 Å². The maximum atomic E-state index is 12.7. The highest BCUT2D eigenvalue weighted by atomic mass is 35.5. The van der Waals surface area contributed by atoms with Gasteiger partial charge in [0, 0.05) is 5.02 Å². The number of benzene rings is 1. The molecule has 1 aromatic rings. The van der Waals surface area contributed by atoms with Gasteiger partial charge in [-0.1, -0.05) is 29.8 Å². The van der Waals surface area contributed by atoms with Crippen LogP contribution < -0.4 is 0 Å². The zero-order valence-corrected chi connectivity index (χ0v) is 9.29. The summed E-state index contributed by atoms with van der Waals surface area (Å²) in [7, 11) is 0. The summed E-state index contributed by atoms with van der Waals surface area (Å²) in [5.41, 5.74) is -0.829. The van der Waals surface area contributed by atoms with Crippen molar-refractivity contribution in [2.24, 2.45) is 0 Å². The van der Waals surface area contributed by atoms with Gasteiger partial charge in [-0.15, -0.1) is 0 Å². The van der Waals surface area contributed by atoms with Crippen LogP contribution in [0.3, 0.4) is 0 Å². The lowest BCUT2D eigenvalue weighted by Gasteiger charge is -2.11. The van der Waals surface area contributed by atoms with Crippen molar-refractivity contribution in [3.05, 3.63) is 53.1 Å². The number of rotatable bonds is 3. The summed E-state index contributed by atoms with van der Waals surface area (Å²) in [5, 5.41) is 0.360. The van der Waals surface area contributed by atoms with Crippen molar-refractivity contribution in [2.75, 3.05) is 0 Å². The Morgan fingerprint density at radius 2 is 1.71 bits per heavy atom. The van der Waals surface area contributed by atoms with Gasteiger partial charge in [0.1, 0.15) is 6.29 Å². The average molecular weight is 261 g/mol. The Hall–Kier alpha value is -1.55. The molecule has 0 bridgehead atoms. The van der Waals surface area contributed by atoms with Crippen LogP contribution in [0.2, 0.25) is 5.02 Å². The van der Waals surface area contributed by atoms with Gasteiger partial charge in [-0.25, -0.2) is 0 Å². The molecule has 0 heterocycles. The van der Waals surface area contributed by atoms with Crippen molar-refractivity contribution in [3.63, 3.8) is 0 Å². The van der Waals surface area contributed by atoms with E-state index >= 15 is 0 Å². The fraction of sp³-hybridized carbons (Fsp3) is 0.0833. The Morgan fingerprint density at radius 3 is 2.18 bits per heavy atom. The minimum Gasteiger partial charge on any atom is -0.299 e. The second kappa shape index (κ2) is 5.68. The van der Waals surface area contributed by atoms with Crippen LogP contribution in [0.4, 0.5) is 13.2 Å². The van der Waals surface area contributed by atoms with Crippen LogP contribution in [-0.4, -0.2) is 12.5 Å². The van der Waals surface area contributed by atoms with Crippen LogP contribution in [0, 0.1) is 0 Å². The average Bonchev–Trinajstić information content (AvgIpc) is 2.25. The first-order valence-corrected chi connectivity index (χ1v) is 4.98. The van der Waals surface area contributed by atoms with Crippen LogP contribution in [0.1, 0.15) is 5.56 Å². The van der Waals surface area contributed by atoms with Crippen LogP contribution >= 0.6 is 11.6 Å². The van der Waals surface area contributed by atoms with Crippen molar-refractivity contribution >= 4 is 23.5 Å². The van der Waals surface area contributed by atoms with E-state index in [4.69, 9.17) is 11.6 Å². The number of allylic oxidation sites excluding steroid dienone is 4. The van der Waals surface area contributed by atoms with Gasteiger partial charge in [0.2, 0.25) is 0 Å². The van der Waals surface area contributed by atoms with Gasteiger partial charge in [-0.05, 0) is 29.8 Å². The van der Waals surface area contributed by atoms with Crippen molar-refractivity contribution in [3.8, 4) is 0 Å². The van der Waals surface area contributed by atoms with Gasteiger partial charge in [0.05, 0.1) is 5.57 Å². The lowest BCUT2D eigenvalue weighted by atomic mass is 10.1. The summed E-state index contributed by atoms with van der Waals surface area (Å²) in [4.78, 5) is 10.0. The third kappa shape index (κ3) is 4.07. The number of aldehydes is 1. The summed E-state index contributed by atoms with van der Waals surface area (Å²) in [6.45, 7) is 0. The molecule has 0 radical (unpaired) electrons. The Labute approximate surface area is 101 Å². The lowest BCUT2D eigenvalue weighted by molar-refractivity contribution is -0.104. The number of hydrogen-bond donors (Lipinski definition) is 0. The molecule has 0 unspecified atom stereocenters. The Morgan fingerprint density at radius 1 is 1.12 bits per heavy atom. The van der Waals surface area contributed by atoms with Crippen LogP contribution in [0.25, 0.3) is 5.57 Å². The van der Waals surface area contributed by atoms with E-state index in [0.717, 1.165) is 18.2 Å². The minimum absolute atomic E-state index is 0.00236. The summed E-state index contributed by atoms with van der Waals surface area (Å²) in [6.07, 6.45) is -1.20. The standard InChI is InChI=1S/C12H8ClF3O/c13-10-6-4-9(5-7-10)11(12(14,15)16)3-1-2-8-17/h1-8H/b2-1-,11-3?. The summed E-state index contributed by atoms with van der Waals surface area (Å²) < 4.78 is 38.1. The van der Waals surface area contributed by atoms with Crippen LogP contribution in [-0.2, 0) is 4.79 Å². The number of carbonyl (C=O) groups excluding carboxylic acids is 1. The van der Waals surface area contributed by atoms with E-state index in [9.17, 15) is 18.0 Å². The molecular formula is C12H8ClF3O. The minimum atomic E-state index is -4.49. The zero-order valence-electron chi connectivity index (χ0n) is 8.54. The topological polar surface area (TPSA) is 17.1 Å². The SMILES string of the molecule is O=C/C=C\C=C(c1ccc(Cl)cc1)C(F)(F)F. The first kappa shape index (κ1) is 13.5. The molecular weight excluding hydrogens is 253 g/mol. The molecule has 90 valence electrons. The molecule has 17 heavy (non-hydrogen) atoms. The highest BCUT2D eigenvalue weighted by molar-refractivity contribution is 6.30. The molecule has 1 nitrogen and oxygen atoms in total. The molecule has 0 aliphatic carbocycles. The molecule has 0 fully saturated rings. The van der Waals surface area contributed by atoms with Crippen LogP contribution in [0.15, 0.2) is 42.5 Å². The molecule has 0 saturated heterocycles. The number of carbonyl (C=O) groups is 1. The van der Waals surface area contributed by atoms with E-state index in [1.165, 1.54) is 24.3 Å². The third-order valence-electron chi connectivity index (χ3n) is 1.91. The molecule has 0 amide bonds. The van der Waals surface area contributed by atoms with Crippen molar-refractivity contribution in [2.45, 2.75) is 6.18 Å². The van der Waals surface area contributed by atoms with E-state index in [0.29, 0.717) is 11.3 Å². The molecule has 0 saturated carbocycles. The first-order valence-electron chi connectivity index (χ1n) is 4.60. The second-order valence-corrected chi connectivity index (χ2v) is 3.54. The molecule has 0 N–H and O–H groups in total. The molecule has 0 spiro atoms. The van der Waals surface area contributed by atoms with Crippen LogP contribution in [0.5, 0.6) is 0 Å². The quantitative estimate of drug-likeness (QED) is 0.455. The lowest BCUT2D eigenvalue weighted by Crippen LogP contribution is -2.10. The third-order valence-corrected chi connectivity index (χ3v) is 2.17. The predicted octanol–water partition coefficient (Wildman–Crippen LogP) is 4.04. The maximum absolute atomic E-state index is 12.7. The van der Waals surface area contributed by atoms with Crippen molar-refractivity contribution < 1.29 is 18.0 Å². The van der Waals surface area contributed by atoms with Gasteiger partial charge in [0.15, 0.2) is 0 Å². The number of hydrogen-bond acceptors (Lipinski definition) is 1. The Kier molecular flexibility index (Phi) is 4.52. The second-order valence-electron chi connectivity index (χ2n) is 3.11. The van der Waals surface area contributed by atoms with Gasteiger partial charge >= 0.3 is 6.18 Å². The zero-order chi connectivity index (χ0) is 12.9. The Bertz CT molecular complexity index is 444. The highest BCUT2D eigenvalue weighted by Crippen LogP contribution is 2.34. The normalized spacial score (nSPS) is 13.1. The van der Waals surface area contributed by atoms with Crippen molar-refractivity contribution in [1.82, 2.24) is 0 Å². The van der Waals surface area contributed by atoms with Gasteiger partial charge in [-0.3, -0.25) is 4.79 Å². The molecule has 5 heteroatoms. The molecule has 1 aromatic carbocycles. The fourth-order valence-electron chi connectivity index (χ4n) is 1.18. The summed E-state index contributed by atoms with van der Waals surface area (Å²) >= 11 is 5.60. The van der Waals surface area contributed by atoms with E-state index in [2.05, 4.69) is 0 Å². The largest absolute Gasteiger partial charge is 0.416 e. The first-order chi connectivity index (χ1) is 7.95. The maximum Gasteiger partial charge on any atom is 0.416 e. The highest BCUT2D eigenvalue weighted by Gasteiger charge is 2.33. The summed E-state index contributed by atoms with van der Waals surface area (Å²) in [6, 6.07) is 5.30. The smallest absolute Gasteiger partial charge is 0.299 e. The molecule has 0 aliphatic rings. The molecule has 1 rings (SSSR count). The Balaban J connectivity index is 3.15. The monoisotopic (exact) mass is 260 g/mol. The molecule has 0 atom stereocenters.